The number of ether oxygens (including phenoxy) is 2. The molecule has 2 aliphatic heterocycles. The van der Waals surface area contributed by atoms with Crippen LogP contribution in [-0.2, 0) is 6.42 Å². The fourth-order valence-electron chi connectivity index (χ4n) is 5.69. The van der Waals surface area contributed by atoms with Crippen molar-refractivity contribution in [3.05, 3.63) is 52.9 Å². The summed E-state index contributed by atoms with van der Waals surface area (Å²) >= 11 is 6.37. The summed E-state index contributed by atoms with van der Waals surface area (Å²) in [5.41, 5.74) is 4.41. The van der Waals surface area contributed by atoms with Crippen LogP contribution < -0.4 is 25.4 Å². The van der Waals surface area contributed by atoms with E-state index in [0.717, 1.165) is 17.0 Å². The number of H-pyrrole nitrogens is 1. The molecular formula is C26H28ClN5O3. The van der Waals surface area contributed by atoms with Gasteiger partial charge in [0.25, 0.3) is 5.91 Å². The van der Waals surface area contributed by atoms with Crippen molar-refractivity contribution in [3.8, 4) is 22.8 Å². The lowest BCUT2D eigenvalue weighted by atomic mass is 10.0. The Morgan fingerprint density at radius 1 is 1.26 bits per heavy atom. The Morgan fingerprint density at radius 2 is 2.17 bits per heavy atom. The minimum absolute atomic E-state index is 0.125. The molecule has 2 bridgehead atoms. The number of piperidine rings is 1. The van der Waals surface area contributed by atoms with Crippen LogP contribution in [0.25, 0.3) is 11.3 Å². The molecule has 1 aliphatic carbocycles. The molecule has 0 radical (unpaired) electrons. The minimum Gasteiger partial charge on any atom is -0.493 e. The van der Waals surface area contributed by atoms with Crippen LogP contribution in [0.3, 0.4) is 0 Å². The number of anilines is 2. The Hall–Kier alpha value is -3.23. The Kier molecular flexibility index (Phi) is 5.78. The van der Waals surface area contributed by atoms with E-state index in [4.69, 9.17) is 21.1 Å². The molecule has 1 saturated heterocycles. The van der Waals surface area contributed by atoms with Crippen molar-refractivity contribution in [1.82, 2.24) is 20.6 Å². The largest absolute Gasteiger partial charge is 0.493 e. The molecule has 35 heavy (non-hydrogen) atoms. The molecule has 4 heterocycles. The predicted molar refractivity (Wildman–Crippen MR) is 135 cm³/mol. The summed E-state index contributed by atoms with van der Waals surface area (Å²) in [4.78, 5) is 20.8. The zero-order chi connectivity index (χ0) is 23.9. The summed E-state index contributed by atoms with van der Waals surface area (Å²) in [6.45, 7) is 1.17. The number of benzene rings is 1. The van der Waals surface area contributed by atoms with Gasteiger partial charge < -0.3 is 30.4 Å². The van der Waals surface area contributed by atoms with E-state index in [1.165, 1.54) is 19.3 Å². The van der Waals surface area contributed by atoms with Gasteiger partial charge in [-0.2, -0.15) is 0 Å². The zero-order valence-corrected chi connectivity index (χ0v) is 20.2. The lowest BCUT2D eigenvalue weighted by Gasteiger charge is -2.23. The normalized spacial score (nSPS) is 22.6. The summed E-state index contributed by atoms with van der Waals surface area (Å²) in [6, 6.07) is 8.38. The lowest BCUT2D eigenvalue weighted by molar-refractivity contribution is 0.0947. The average molecular weight is 494 g/mol. The van der Waals surface area contributed by atoms with E-state index in [-0.39, 0.29) is 5.91 Å². The molecule has 6 rings (SSSR count). The van der Waals surface area contributed by atoms with Crippen molar-refractivity contribution in [1.29, 1.82) is 0 Å². The quantitative estimate of drug-likeness (QED) is 0.392. The van der Waals surface area contributed by atoms with Crippen LogP contribution in [0.1, 0.15) is 35.3 Å². The maximum absolute atomic E-state index is 12.9. The molecule has 1 amide bonds. The van der Waals surface area contributed by atoms with Gasteiger partial charge >= 0.3 is 0 Å². The number of aromatic amines is 1. The molecule has 9 heteroatoms. The van der Waals surface area contributed by atoms with Crippen LogP contribution in [0, 0.1) is 5.92 Å². The van der Waals surface area contributed by atoms with Gasteiger partial charge in [0.2, 0.25) is 0 Å². The van der Waals surface area contributed by atoms with Crippen LogP contribution in [0.4, 0.5) is 11.4 Å². The fourth-order valence-corrected chi connectivity index (χ4v) is 5.94. The van der Waals surface area contributed by atoms with E-state index in [1.807, 2.05) is 18.2 Å². The molecule has 1 unspecified atom stereocenters. The van der Waals surface area contributed by atoms with E-state index in [2.05, 4.69) is 25.9 Å². The highest BCUT2D eigenvalue weighted by Crippen LogP contribution is 2.43. The second kappa shape index (κ2) is 9.09. The van der Waals surface area contributed by atoms with Crippen LogP contribution in [-0.4, -0.2) is 48.2 Å². The molecule has 1 saturated carbocycles. The Balaban J connectivity index is 1.38. The van der Waals surface area contributed by atoms with Gasteiger partial charge in [-0.3, -0.25) is 9.78 Å². The Bertz CT molecular complexity index is 1280. The number of pyridine rings is 1. The van der Waals surface area contributed by atoms with Gasteiger partial charge in [0.1, 0.15) is 12.4 Å². The van der Waals surface area contributed by atoms with E-state index in [9.17, 15) is 4.79 Å². The number of carbonyl (C=O) groups excluding carboxylic acids is 1. The highest BCUT2D eigenvalue weighted by molar-refractivity contribution is 6.32. The van der Waals surface area contributed by atoms with Gasteiger partial charge in [0, 0.05) is 42.5 Å². The van der Waals surface area contributed by atoms with Crippen molar-refractivity contribution in [2.45, 2.75) is 37.8 Å². The van der Waals surface area contributed by atoms with Crippen molar-refractivity contribution in [2.24, 2.45) is 5.92 Å². The molecule has 8 nitrogen and oxygen atoms in total. The first kappa shape index (κ1) is 22.2. The summed E-state index contributed by atoms with van der Waals surface area (Å²) in [7, 11) is 1.57. The van der Waals surface area contributed by atoms with E-state index in [0.29, 0.717) is 71.0 Å². The van der Waals surface area contributed by atoms with E-state index >= 15 is 0 Å². The molecule has 3 aromatic rings. The molecule has 1 aromatic carbocycles. The van der Waals surface area contributed by atoms with Crippen molar-refractivity contribution >= 4 is 28.9 Å². The highest BCUT2D eigenvalue weighted by atomic mass is 35.5. The van der Waals surface area contributed by atoms with Crippen LogP contribution in [0.15, 0.2) is 36.7 Å². The van der Waals surface area contributed by atoms with E-state index in [1.54, 1.807) is 25.6 Å². The van der Waals surface area contributed by atoms with Gasteiger partial charge in [-0.1, -0.05) is 17.7 Å². The second-order valence-electron chi connectivity index (χ2n) is 9.41. The van der Waals surface area contributed by atoms with Gasteiger partial charge in [-0.15, -0.1) is 0 Å². The first-order valence-corrected chi connectivity index (χ1v) is 12.5. The third-order valence-corrected chi connectivity index (χ3v) is 7.66. The SMILES string of the molecule is COc1c(Cl)cccc1Nc1c(-c2ccncc2OC[C@@H]2NC3CC[C@@H]2C3)[nH]c2c1C(=O)NCC2. The number of nitrogens with zero attached hydrogens (tertiary/aromatic N) is 1. The number of para-hydroxylation sites is 1. The summed E-state index contributed by atoms with van der Waals surface area (Å²) in [6.07, 6.45) is 7.95. The van der Waals surface area contributed by atoms with Crippen LogP contribution in [0.5, 0.6) is 11.5 Å². The first-order chi connectivity index (χ1) is 17.1. The first-order valence-electron chi connectivity index (χ1n) is 12.1. The van der Waals surface area contributed by atoms with Gasteiger partial charge in [-0.05, 0) is 43.4 Å². The summed E-state index contributed by atoms with van der Waals surface area (Å²) in [5.74, 6) is 1.74. The van der Waals surface area contributed by atoms with Gasteiger partial charge in [-0.25, -0.2) is 0 Å². The third-order valence-electron chi connectivity index (χ3n) is 7.36. The van der Waals surface area contributed by atoms with Crippen molar-refractivity contribution < 1.29 is 14.3 Å². The van der Waals surface area contributed by atoms with Crippen molar-refractivity contribution in [2.75, 3.05) is 25.6 Å². The molecule has 0 spiro atoms. The van der Waals surface area contributed by atoms with Crippen LogP contribution in [0.2, 0.25) is 5.02 Å². The number of methoxy groups -OCH3 is 1. The minimum atomic E-state index is -0.125. The Morgan fingerprint density at radius 3 is 2.97 bits per heavy atom. The monoisotopic (exact) mass is 493 g/mol. The molecule has 182 valence electrons. The molecule has 3 atom stereocenters. The predicted octanol–water partition coefficient (Wildman–Crippen LogP) is 4.29. The number of aromatic nitrogens is 2. The lowest BCUT2D eigenvalue weighted by Crippen LogP contribution is -2.39. The number of halogens is 1. The second-order valence-corrected chi connectivity index (χ2v) is 9.81. The smallest absolute Gasteiger partial charge is 0.255 e. The van der Waals surface area contributed by atoms with Crippen LogP contribution >= 0.6 is 11.6 Å². The fraction of sp³-hybridized carbons (Fsp3) is 0.385. The summed E-state index contributed by atoms with van der Waals surface area (Å²) in [5, 5.41) is 10.5. The molecule has 2 aromatic heterocycles. The number of fused-ring (bicyclic) bond motifs is 3. The van der Waals surface area contributed by atoms with E-state index < -0.39 is 0 Å². The van der Waals surface area contributed by atoms with Gasteiger partial charge in [0.05, 0.1) is 41.0 Å². The van der Waals surface area contributed by atoms with Crippen molar-refractivity contribution in [3.63, 3.8) is 0 Å². The molecule has 4 N–H and O–H groups in total. The zero-order valence-electron chi connectivity index (χ0n) is 19.5. The highest BCUT2D eigenvalue weighted by Gasteiger charge is 2.39. The summed E-state index contributed by atoms with van der Waals surface area (Å²) < 4.78 is 11.9. The maximum Gasteiger partial charge on any atom is 0.255 e. The topological polar surface area (TPSA) is 100 Å². The molecular weight excluding hydrogens is 466 g/mol. The molecule has 2 fully saturated rings. The van der Waals surface area contributed by atoms with Gasteiger partial charge in [0.15, 0.2) is 5.75 Å². The third kappa shape index (κ3) is 4.00. The maximum atomic E-state index is 12.9. The molecule has 3 aliphatic rings. The Labute approximate surface area is 208 Å². The standard InChI is InChI=1S/C26H28ClN5O3/c1-34-25-17(27)3-2-4-19(25)32-24-22-18(8-10-29-26(22)33)31-23(24)16-7-9-28-12-21(16)35-13-20-14-5-6-15(11-14)30-20/h2-4,7,9,12,14-15,20,30-32H,5-6,8,10-11,13H2,1H3,(H,29,33)/t14-,15?,20+/m1/s1. The number of rotatable bonds is 7. The number of hydrogen-bond donors (Lipinski definition) is 4. The average Bonchev–Trinajstić information content (AvgIpc) is 3.58. The number of amides is 1. The number of hydrogen-bond acceptors (Lipinski definition) is 6. The number of nitrogens with one attached hydrogen (secondary N) is 4. The number of carbonyl (C=O) groups is 1.